The molecule has 0 amide bonds. The molecule has 24 heavy (non-hydrogen) atoms. The molecular weight excluding hydrogens is 294 g/mol. The molecule has 0 saturated carbocycles. The number of nitrogens with zero attached hydrogens (tertiary/aromatic N) is 3. The second-order valence-corrected chi connectivity index (χ2v) is 8.69. The van der Waals surface area contributed by atoms with E-state index in [0.717, 1.165) is 0 Å². The van der Waals surface area contributed by atoms with Crippen LogP contribution in [0.5, 0.6) is 0 Å². The fourth-order valence-electron chi connectivity index (χ4n) is 3.77. The van der Waals surface area contributed by atoms with Crippen molar-refractivity contribution >= 4 is 0 Å². The normalized spacial score (nSPS) is 13.2. The van der Waals surface area contributed by atoms with E-state index in [0.29, 0.717) is 30.2 Å². The zero-order chi connectivity index (χ0) is 18.9. The van der Waals surface area contributed by atoms with E-state index < -0.39 is 0 Å². The number of hydrogen-bond donors (Lipinski definition) is 0. The Balaban J connectivity index is 4.32. The summed E-state index contributed by atoms with van der Waals surface area (Å²) in [4.78, 5) is 7.88. The molecule has 0 aromatic rings. The third-order valence-corrected chi connectivity index (χ3v) is 5.11. The minimum atomic E-state index is 0.642. The minimum Gasteiger partial charge on any atom is -0.301 e. The van der Waals surface area contributed by atoms with Gasteiger partial charge in [0, 0.05) is 30.2 Å². The maximum atomic E-state index is 2.66. The predicted octanol–water partition coefficient (Wildman–Crippen LogP) is 4.71. The van der Waals surface area contributed by atoms with E-state index in [1.165, 1.54) is 39.0 Å². The van der Waals surface area contributed by atoms with Crippen molar-refractivity contribution in [3.05, 3.63) is 0 Å². The summed E-state index contributed by atoms with van der Waals surface area (Å²) in [6.45, 7) is 28.0. The monoisotopic (exact) mass is 341 g/mol. The predicted molar refractivity (Wildman–Crippen MR) is 110 cm³/mol. The first kappa shape index (κ1) is 23.9. The number of rotatable bonds is 13. The average molecular weight is 342 g/mol. The van der Waals surface area contributed by atoms with Crippen molar-refractivity contribution in [3.63, 3.8) is 0 Å². The highest BCUT2D eigenvalue weighted by Gasteiger charge is 2.16. The van der Waals surface area contributed by atoms with E-state index in [1.54, 1.807) is 0 Å². The van der Waals surface area contributed by atoms with Gasteiger partial charge < -0.3 is 4.90 Å². The van der Waals surface area contributed by atoms with Crippen LogP contribution in [-0.4, -0.2) is 71.1 Å². The van der Waals surface area contributed by atoms with E-state index in [1.807, 2.05) is 0 Å². The fourth-order valence-corrected chi connectivity index (χ4v) is 3.77. The molecule has 0 aliphatic carbocycles. The highest BCUT2D eigenvalue weighted by molar-refractivity contribution is 4.72. The standard InChI is InChI=1S/C21H47N3/c1-17(2)22(13-11-15-23(18(3)4)19(5)6)14-12-16-24(20(7)8)21(9)10/h17-21H,11-16H2,1-10H3. The zero-order valence-corrected chi connectivity index (χ0v) is 18.5. The van der Waals surface area contributed by atoms with Crippen LogP contribution in [0.25, 0.3) is 0 Å². The molecule has 0 aromatic carbocycles. The van der Waals surface area contributed by atoms with E-state index in [-0.39, 0.29) is 0 Å². The third-order valence-electron chi connectivity index (χ3n) is 5.11. The van der Waals surface area contributed by atoms with Gasteiger partial charge in [-0.25, -0.2) is 0 Å². The van der Waals surface area contributed by atoms with Crippen molar-refractivity contribution in [2.45, 2.75) is 112 Å². The molecule has 0 saturated heterocycles. The minimum absolute atomic E-state index is 0.642. The Morgan fingerprint density at radius 3 is 0.917 bits per heavy atom. The second-order valence-electron chi connectivity index (χ2n) is 8.69. The molecule has 3 nitrogen and oxygen atoms in total. The Morgan fingerprint density at radius 1 is 0.417 bits per heavy atom. The lowest BCUT2D eigenvalue weighted by Crippen LogP contribution is -2.41. The van der Waals surface area contributed by atoms with Gasteiger partial charge in [0.1, 0.15) is 0 Å². The lowest BCUT2D eigenvalue weighted by molar-refractivity contribution is 0.137. The van der Waals surface area contributed by atoms with Crippen molar-refractivity contribution < 1.29 is 0 Å². The summed E-state index contributed by atoms with van der Waals surface area (Å²) in [5, 5.41) is 0. The van der Waals surface area contributed by atoms with Gasteiger partial charge >= 0.3 is 0 Å². The Morgan fingerprint density at radius 2 is 0.708 bits per heavy atom. The van der Waals surface area contributed by atoms with Crippen LogP contribution in [0.1, 0.15) is 82.1 Å². The van der Waals surface area contributed by atoms with Crippen LogP contribution in [0.15, 0.2) is 0 Å². The summed E-state index contributed by atoms with van der Waals surface area (Å²) >= 11 is 0. The van der Waals surface area contributed by atoms with E-state index in [2.05, 4.69) is 83.9 Å². The maximum Gasteiger partial charge on any atom is 0.00413 e. The van der Waals surface area contributed by atoms with Crippen molar-refractivity contribution in [2.24, 2.45) is 0 Å². The molecular formula is C21H47N3. The summed E-state index contributed by atoms with van der Waals surface area (Å²) < 4.78 is 0. The lowest BCUT2D eigenvalue weighted by Gasteiger charge is -2.34. The van der Waals surface area contributed by atoms with Crippen LogP contribution >= 0.6 is 0 Å². The molecule has 0 fully saturated rings. The van der Waals surface area contributed by atoms with Gasteiger partial charge in [0.15, 0.2) is 0 Å². The summed E-state index contributed by atoms with van der Waals surface area (Å²) in [5.74, 6) is 0. The van der Waals surface area contributed by atoms with Crippen molar-refractivity contribution in [1.82, 2.24) is 14.7 Å². The van der Waals surface area contributed by atoms with E-state index in [9.17, 15) is 0 Å². The molecule has 0 bridgehead atoms. The van der Waals surface area contributed by atoms with Crippen LogP contribution in [-0.2, 0) is 0 Å². The van der Waals surface area contributed by atoms with Gasteiger partial charge in [0.05, 0.1) is 0 Å². The molecule has 0 spiro atoms. The van der Waals surface area contributed by atoms with Crippen LogP contribution in [0.4, 0.5) is 0 Å². The highest BCUT2D eigenvalue weighted by Crippen LogP contribution is 2.10. The zero-order valence-electron chi connectivity index (χ0n) is 18.5. The molecule has 0 rings (SSSR count). The molecule has 0 aliphatic heterocycles. The van der Waals surface area contributed by atoms with Crippen LogP contribution in [0, 0.1) is 0 Å². The van der Waals surface area contributed by atoms with Crippen LogP contribution < -0.4 is 0 Å². The molecule has 0 heterocycles. The number of hydrogen-bond acceptors (Lipinski definition) is 3. The Labute approximate surface area is 153 Å². The van der Waals surface area contributed by atoms with Gasteiger partial charge in [-0.15, -0.1) is 0 Å². The molecule has 0 N–H and O–H groups in total. The molecule has 0 unspecified atom stereocenters. The summed E-state index contributed by atoms with van der Waals surface area (Å²) in [6, 6.07) is 3.21. The average Bonchev–Trinajstić information content (AvgIpc) is 2.43. The van der Waals surface area contributed by atoms with Gasteiger partial charge in [-0.3, -0.25) is 9.80 Å². The Hall–Kier alpha value is -0.120. The van der Waals surface area contributed by atoms with Gasteiger partial charge in [-0.2, -0.15) is 0 Å². The Kier molecular flexibility index (Phi) is 12.2. The molecule has 0 radical (unpaired) electrons. The quantitative estimate of drug-likeness (QED) is 0.480. The molecule has 0 aromatic heterocycles. The van der Waals surface area contributed by atoms with Gasteiger partial charge in [0.25, 0.3) is 0 Å². The smallest absolute Gasteiger partial charge is 0.00413 e. The van der Waals surface area contributed by atoms with E-state index in [4.69, 9.17) is 0 Å². The maximum absolute atomic E-state index is 2.66. The summed E-state index contributed by atoms with van der Waals surface area (Å²) in [7, 11) is 0. The summed E-state index contributed by atoms with van der Waals surface area (Å²) in [6.07, 6.45) is 2.54. The first-order valence-corrected chi connectivity index (χ1v) is 10.3. The molecule has 146 valence electrons. The van der Waals surface area contributed by atoms with Crippen molar-refractivity contribution in [3.8, 4) is 0 Å². The van der Waals surface area contributed by atoms with Crippen LogP contribution in [0.2, 0.25) is 0 Å². The first-order valence-electron chi connectivity index (χ1n) is 10.3. The van der Waals surface area contributed by atoms with Crippen LogP contribution in [0.3, 0.4) is 0 Å². The van der Waals surface area contributed by atoms with E-state index >= 15 is 0 Å². The van der Waals surface area contributed by atoms with Gasteiger partial charge in [0.2, 0.25) is 0 Å². The fraction of sp³-hybridized carbons (Fsp3) is 1.00. The second kappa shape index (κ2) is 12.3. The highest BCUT2D eigenvalue weighted by atomic mass is 15.2. The van der Waals surface area contributed by atoms with Gasteiger partial charge in [-0.1, -0.05) is 0 Å². The topological polar surface area (TPSA) is 9.72 Å². The third kappa shape index (κ3) is 9.39. The largest absolute Gasteiger partial charge is 0.301 e. The lowest BCUT2D eigenvalue weighted by atomic mass is 10.2. The van der Waals surface area contributed by atoms with Gasteiger partial charge in [-0.05, 0) is 108 Å². The molecule has 0 aliphatic rings. The van der Waals surface area contributed by atoms with Crippen molar-refractivity contribution in [1.29, 1.82) is 0 Å². The molecule has 0 atom stereocenters. The SMILES string of the molecule is CC(C)N(CCCN(C(C)C)C(C)C)CCCN(C(C)C)C(C)C. The van der Waals surface area contributed by atoms with Crippen molar-refractivity contribution in [2.75, 3.05) is 26.2 Å². The summed E-state index contributed by atoms with van der Waals surface area (Å²) in [5.41, 5.74) is 0. The first-order chi connectivity index (χ1) is 11.1. The Bertz CT molecular complexity index is 255. The molecule has 3 heteroatoms.